The molecule has 0 spiro atoms. The van der Waals surface area contributed by atoms with Crippen molar-refractivity contribution in [1.29, 1.82) is 0 Å². The Bertz CT molecular complexity index is 429. The second-order valence-electron chi connectivity index (χ2n) is 5.83. The summed E-state index contributed by atoms with van der Waals surface area (Å²) in [7, 11) is 0. The van der Waals surface area contributed by atoms with Gasteiger partial charge in [-0.3, -0.25) is 0 Å². The Balaban J connectivity index is 2.38. The third kappa shape index (κ3) is 2.92. The average Bonchev–Trinajstić information content (AvgIpc) is 2.86. The Morgan fingerprint density at radius 1 is 1.40 bits per heavy atom. The lowest BCUT2D eigenvalue weighted by molar-refractivity contribution is 0.149. The molecular weight excluding hydrogens is 266 g/mol. The van der Waals surface area contributed by atoms with Crippen LogP contribution in [0.3, 0.4) is 0 Å². The molecule has 4 heteroatoms. The summed E-state index contributed by atoms with van der Waals surface area (Å²) in [6.45, 7) is 12.2. The van der Waals surface area contributed by atoms with E-state index in [1.54, 1.807) is 0 Å². The second kappa shape index (κ2) is 7.01. The Morgan fingerprint density at radius 2 is 2.20 bits per heavy atom. The van der Waals surface area contributed by atoms with Crippen LogP contribution in [0.2, 0.25) is 0 Å². The van der Waals surface area contributed by atoms with Crippen LogP contribution in [-0.4, -0.2) is 24.6 Å². The fraction of sp³-hybridized carbons (Fsp3) is 0.812. The van der Waals surface area contributed by atoms with E-state index >= 15 is 0 Å². The van der Waals surface area contributed by atoms with Gasteiger partial charge in [-0.25, -0.2) is 4.98 Å². The van der Waals surface area contributed by atoms with Crippen molar-refractivity contribution in [2.45, 2.75) is 58.9 Å². The van der Waals surface area contributed by atoms with E-state index < -0.39 is 0 Å². The van der Waals surface area contributed by atoms with Gasteiger partial charge in [-0.05, 0) is 51.6 Å². The molecule has 0 saturated carbocycles. The molecule has 1 fully saturated rings. The van der Waals surface area contributed by atoms with E-state index in [1.807, 2.05) is 11.3 Å². The molecule has 1 aliphatic rings. The van der Waals surface area contributed by atoms with Crippen LogP contribution in [-0.2, 0) is 12.0 Å². The number of nitrogens with zero attached hydrogens (tertiary/aromatic N) is 1. The van der Waals surface area contributed by atoms with Crippen LogP contribution in [0, 0.1) is 12.8 Å². The predicted octanol–water partition coefficient (Wildman–Crippen LogP) is 3.23. The van der Waals surface area contributed by atoms with Crippen LogP contribution >= 0.6 is 11.3 Å². The van der Waals surface area contributed by atoms with Gasteiger partial charge in [-0.1, -0.05) is 20.8 Å². The predicted molar refractivity (Wildman–Crippen MR) is 87.5 cm³/mol. The third-order valence-electron chi connectivity index (χ3n) is 4.58. The van der Waals surface area contributed by atoms with Gasteiger partial charge in [0.15, 0.2) is 0 Å². The molecule has 2 atom stereocenters. The minimum absolute atomic E-state index is 0.0961. The first-order valence-electron chi connectivity index (χ1n) is 8.10. The van der Waals surface area contributed by atoms with Gasteiger partial charge in [0.25, 0.3) is 0 Å². The first-order chi connectivity index (χ1) is 9.67. The summed E-state index contributed by atoms with van der Waals surface area (Å²) in [5.41, 5.74) is 1.38. The average molecular weight is 295 g/mol. The van der Waals surface area contributed by atoms with Gasteiger partial charge in [0.05, 0.1) is 11.2 Å². The topological polar surface area (TPSA) is 37.0 Å². The highest BCUT2D eigenvalue weighted by atomic mass is 32.1. The number of aromatic nitrogens is 1. The van der Waals surface area contributed by atoms with E-state index in [1.165, 1.54) is 28.4 Å². The molecule has 2 N–H and O–H groups in total. The number of piperidine rings is 1. The van der Waals surface area contributed by atoms with Crippen LogP contribution in [0.15, 0.2) is 0 Å². The zero-order chi connectivity index (χ0) is 14.6. The molecule has 1 aliphatic heterocycles. The lowest BCUT2D eigenvalue weighted by Crippen LogP contribution is -2.56. The SMILES string of the molecule is CCCNC1(c2nc(CC)c(C)s2)CCNCC1CC. The number of thiazole rings is 1. The summed E-state index contributed by atoms with van der Waals surface area (Å²) in [4.78, 5) is 6.40. The maximum atomic E-state index is 5.00. The summed E-state index contributed by atoms with van der Waals surface area (Å²) < 4.78 is 0. The molecule has 1 saturated heterocycles. The van der Waals surface area contributed by atoms with Crippen molar-refractivity contribution < 1.29 is 0 Å². The van der Waals surface area contributed by atoms with E-state index in [4.69, 9.17) is 4.98 Å². The molecule has 1 aromatic rings. The van der Waals surface area contributed by atoms with Crippen molar-refractivity contribution in [2.75, 3.05) is 19.6 Å². The van der Waals surface area contributed by atoms with Crippen molar-refractivity contribution in [3.63, 3.8) is 0 Å². The van der Waals surface area contributed by atoms with E-state index in [0.29, 0.717) is 5.92 Å². The lowest BCUT2D eigenvalue weighted by atomic mass is 9.77. The molecule has 0 aromatic carbocycles. The Hall–Kier alpha value is -0.450. The molecule has 114 valence electrons. The van der Waals surface area contributed by atoms with Gasteiger partial charge in [0.1, 0.15) is 5.01 Å². The standard InChI is InChI=1S/C16H29N3S/c1-5-9-18-16(8-10-17-11-13(16)6-2)15-19-14(7-3)12(4)20-15/h13,17-18H,5-11H2,1-4H3. The molecule has 2 heterocycles. The zero-order valence-corrected chi connectivity index (χ0v) is 14.2. The largest absolute Gasteiger partial charge is 0.316 e. The number of rotatable bonds is 6. The monoisotopic (exact) mass is 295 g/mol. The maximum absolute atomic E-state index is 5.00. The van der Waals surface area contributed by atoms with Gasteiger partial charge in [0.2, 0.25) is 0 Å². The molecule has 3 nitrogen and oxygen atoms in total. The molecular formula is C16H29N3S. The molecule has 2 unspecified atom stereocenters. The lowest BCUT2D eigenvalue weighted by Gasteiger charge is -2.44. The van der Waals surface area contributed by atoms with Crippen LogP contribution in [0.5, 0.6) is 0 Å². The first kappa shape index (κ1) is 15.9. The van der Waals surface area contributed by atoms with E-state index in [-0.39, 0.29) is 5.54 Å². The van der Waals surface area contributed by atoms with Crippen LogP contribution in [0.25, 0.3) is 0 Å². The van der Waals surface area contributed by atoms with Gasteiger partial charge >= 0.3 is 0 Å². The summed E-state index contributed by atoms with van der Waals surface area (Å²) in [6.07, 6.45) is 4.57. The highest BCUT2D eigenvalue weighted by molar-refractivity contribution is 7.11. The Morgan fingerprint density at radius 3 is 2.80 bits per heavy atom. The molecule has 0 radical (unpaired) electrons. The number of hydrogen-bond donors (Lipinski definition) is 2. The molecule has 20 heavy (non-hydrogen) atoms. The molecule has 0 aliphatic carbocycles. The minimum atomic E-state index is 0.0961. The quantitative estimate of drug-likeness (QED) is 0.846. The third-order valence-corrected chi connectivity index (χ3v) is 5.77. The smallest absolute Gasteiger partial charge is 0.114 e. The van der Waals surface area contributed by atoms with E-state index in [9.17, 15) is 0 Å². The van der Waals surface area contributed by atoms with Crippen LogP contribution in [0.4, 0.5) is 0 Å². The molecule has 2 rings (SSSR count). The first-order valence-corrected chi connectivity index (χ1v) is 8.92. The summed E-state index contributed by atoms with van der Waals surface area (Å²) in [5, 5.41) is 8.76. The second-order valence-corrected chi connectivity index (χ2v) is 7.04. The number of hydrogen-bond acceptors (Lipinski definition) is 4. The van der Waals surface area contributed by atoms with Gasteiger partial charge in [-0.2, -0.15) is 0 Å². The fourth-order valence-corrected chi connectivity index (χ4v) is 4.59. The Labute approximate surface area is 127 Å². The number of aryl methyl sites for hydroxylation is 2. The van der Waals surface area contributed by atoms with Gasteiger partial charge in [0, 0.05) is 11.4 Å². The van der Waals surface area contributed by atoms with Crippen molar-refractivity contribution >= 4 is 11.3 Å². The van der Waals surface area contributed by atoms with Crippen molar-refractivity contribution in [3.8, 4) is 0 Å². The highest BCUT2D eigenvalue weighted by Crippen LogP contribution is 2.40. The summed E-state index contributed by atoms with van der Waals surface area (Å²) in [5.74, 6) is 0.637. The van der Waals surface area contributed by atoms with Crippen LogP contribution < -0.4 is 10.6 Å². The van der Waals surface area contributed by atoms with Crippen molar-refractivity contribution in [3.05, 3.63) is 15.6 Å². The normalized spacial score (nSPS) is 26.9. The summed E-state index contributed by atoms with van der Waals surface area (Å²) >= 11 is 1.91. The highest BCUT2D eigenvalue weighted by Gasteiger charge is 2.43. The van der Waals surface area contributed by atoms with Crippen molar-refractivity contribution in [1.82, 2.24) is 15.6 Å². The molecule has 0 bridgehead atoms. The van der Waals surface area contributed by atoms with E-state index in [0.717, 1.165) is 32.5 Å². The van der Waals surface area contributed by atoms with E-state index in [2.05, 4.69) is 38.3 Å². The summed E-state index contributed by atoms with van der Waals surface area (Å²) in [6, 6.07) is 0. The molecule has 1 aromatic heterocycles. The van der Waals surface area contributed by atoms with Gasteiger partial charge < -0.3 is 10.6 Å². The molecule has 0 amide bonds. The van der Waals surface area contributed by atoms with Gasteiger partial charge in [-0.15, -0.1) is 11.3 Å². The maximum Gasteiger partial charge on any atom is 0.114 e. The van der Waals surface area contributed by atoms with Crippen molar-refractivity contribution in [2.24, 2.45) is 5.92 Å². The number of nitrogens with one attached hydrogen (secondary N) is 2. The minimum Gasteiger partial charge on any atom is -0.316 e. The zero-order valence-electron chi connectivity index (χ0n) is 13.4. The fourth-order valence-electron chi connectivity index (χ4n) is 3.32. The Kier molecular flexibility index (Phi) is 5.58. The van der Waals surface area contributed by atoms with Crippen LogP contribution in [0.1, 0.15) is 55.6 Å².